The van der Waals surface area contributed by atoms with E-state index in [1.54, 1.807) is 0 Å². The maximum Gasteiger partial charge on any atom is 0.293 e. The first kappa shape index (κ1) is 23.3. The second-order valence-corrected chi connectivity index (χ2v) is 12.8. The third kappa shape index (κ3) is 3.61. The van der Waals surface area contributed by atoms with Gasteiger partial charge in [-0.25, -0.2) is 0 Å². The number of rotatable bonds is 7. The Labute approximate surface area is 198 Å². The van der Waals surface area contributed by atoms with Crippen LogP contribution in [0.1, 0.15) is 65.7 Å². The molecular weight excluding hydrogens is 511 g/mol. The first-order valence-corrected chi connectivity index (χ1v) is 13.0. The normalized spacial score (nSPS) is 49.5. The summed E-state index contributed by atoms with van der Waals surface area (Å²) in [5, 5.41) is 0. The van der Waals surface area contributed by atoms with Gasteiger partial charge in [-0.05, 0) is 74.0 Å². The minimum Gasteiger partial charge on any atom is -0.465 e. The number of ether oxygens (including phenoxy) is 3. The van der Waals surface area contributed by atoms with Crippen molar-refractivity contribution in [2.24, 2.45) is 40.4 Å². The Kier molecular flexibility index (Phi) is 6.63. The molecule has 0 heterocycles. The number of hydrogen-bond acceptors (Lipinski definition) is 6. The lowest BCUT2D eigenvalue weighted by molar-refractivity contribution is -0.215. The number of halogens is 1. The Hall–Kier alpha value is -0.860. The zero-order chi connectivity index (χ0) is 22.4. The fraction of sp³-hybridized carbons (Fsp3) is 0.875. The minimum atomic E-state index is -0.125. The molecule has 0 bridgehead atoms. The van der Waals surface area contributed by atoms with Crippen LogP contribution >= 0.6 is 22.6 Å². The molecule has 0 saturated heterocycles. The summed E-state index contributed by atoms with van der Waals surface area (Å²) >= 11 is 2.52. The molecule has 174 valence electrons. The number of hydrogen-bond donors (Lipinski definition) is 0. The molecule has 0 radical (unpaired) electrons. The predicted octanol–water partition coefficient (Wildman–Crippen LogP) is 4.31. The van der Waals surface area contributed by atoms with E-state index in [-0.39, 0.29) is 35.1 Å². The van der Waals surface area contributed by atoms with E-state index in [1.807, 2.05) is 0 Å². The molecule has 4 aliphatic rings. The quantitative estimate of drug-likeness (QED) is 0.205. The van der Waals surface area contributed by atoms with Gasteiger partial charge in [0, 0.05) is 15.3 Å². The third-order valence-corrected chi connectivity index (χ3v) is 10.9. The molecule has 0 spiro atoms. The van der Waals surface area contributed by atoms with Crippen LogP contribution in [-0.2, 0) is 28.6 Å². The van der Waals surface area contributed by atoms with Gasteiger partial charge in [0.25, 0.3) is 19.4 Å². The van der Waals surface area contributed by atoms with Crippen LogP contribution < -0.4 is 0 Å². The van der Waals surface area contributed by atoms with Crippen molar-refractivity contribution < 1.29 is 28.6 Å². The van der Waals surface area contributed by atoms with Crippen molar-refractivity contribution in [3.8, 4) is 0 Å². The largest absolute Gasteiger partial charge is 0.465 e. The Morgan fingerprint density at radius 2 is 1.61 bits per heavy atom. The van der Waals surface area contributed by atoms with Gasteiger partial charge in [0.15, 0.2) is 0 Å². The van der Waals surface area contributed by atoms with Gasteiger partial charge in [-0.15, -0.1) is 0 Å². The van der Waals surface area contributed by atoms with Crippen LogP contribution in [0.25, 0.3) is 0 Å². The topological polar surface area (TPSA) is 78.9 Å². The number of carbonyl (C=O) groups excluding carboxylic acids is 3. The summed E-state index contributed by atoms with van der Waals surface area (Å²) < 4.78 is 17.4. The molecule has 4 saturated carbocycles. The van der Waals surface area contributed by atoms with E-state index in [2.05, 4.69) is 43.4 Å². The molecule has 0 N–H and O–H groups in total. The molecule has 0 aromatic heterocycles. The minimum absolute atomic E-state index is 0.0596. The van der Waals surface area contributed by atoms with Crippen molar-refractivity contribution in [2.45, 2.75) is 88.0 Å². The highest BCUT2D eigenvalue weighted by atomic mass is 127. The Morgan fingerprint density at radius 3 is 2.26 bits per heavy atom. The maximum atomic E-state index is 11.5. The van der Waals surface area contributed by atoms with Gasteiger partial charge in [0.05, 0.1) is 0 Å². The monoisotopic (exact) mass is 546 g/mol. The van der Waals surface area contributed by atoms with Crippen molar-refractivity contribution in [3.05, 3.63) is 0 Å². The maximum absolute atomic E-state index is 11.5. The lowest BCUT2D eigenvalue weighted by Crippen LogP contribution is -2.63. The second kappa shape index (κ2) is 8.82. The lowest BCUT2D eigenvalue weighted by atomic mass is 9.43. The second-order valence-electron chi connectivity index (χ2n) is 10.8. The van der Waals surface area contributed by atoms with Crippen molar-refractivity contribution in [1.82, 2.24) is 0 Å². The number of fused-ring (bicyclic) bond motifs is 5. The summed E-state index contributed by atoms with van der Waals surface area (Å²) in [4.78, 5) is 34.0. The molecule has 6 nitrogen and oxygen atoms in total. The van der Waals surface area contributed by atoms with Gasteiger partial charge in [0.2, 0.25) is 0 Å². The zero-order valence-electron chi connectivity index (χ0n) is 18.7. The van der Waals surface area contributed by atoms with Crippen molar-refractivity contribution >= 4 is 42.0 Å². The fourth-order valence-electron chi connectivity index (χ4n) is 8.58. The van der Waals surface area contributed by atoms with Crippen LogP contribution in [0.5, 0.6) is 0 Å². The molecule has 0 aliphatic heterocycles. The highest BCUT2D eigenvalue weighted by molar-refractivity contribution is 14.1. The van der Waals surface area contributed by atoms with Crippen LogP contribution in [0.3, 0.4) is 0 Å². The van der Waals surface area contributed by atoms with E-state index >= 15 is 0 Å². The standard InChI is InChI=1S/C24H35IO6/c1-14(25)17-4-5-18-22-19(10-21(31-13-28)24(17,18)3)23(2)7-6-16(29-11-26)8-15(23)9-20(22)30-12-27/h11-22H,4-10H2,1-3H3/t14?,15-,16+,17+,18-,19-,20+,21-,22-,23-,24+/m0/s1. The average molecular weight is 546 g/mol. The smallest absolute Gasteiger partial charge is 0.293 e. The zero-order valence-corrected chi connectivity index (χ0v) is 20.9. The molecule has 31 heavy (non-hydrogen) atoms. The first-order chi connectivity index (χ1) is 14.8. The SMILES string of the molecule is CC(I)[C@H]1CC[C@H]2[C@@H]3[C@H](OC=O)C[C@@H]4C[C@H](OC=O)CC[C@]4(C)[C@H]3C[C@H](OC=O)[C@]12C. The van der Waals surface area contributed by atoms with Gasteiger partial charge in [-0.3, -0.25) is 14.4 Å². The van der Waals surface area contributed by atoms with Crippen molar-refractivity contribution in [1.29, 1.82) is 0 Å². The summed E-state index contributed by atoms with van der Waals surface area (Å²) in [5.41, 5.74) is -0.0375. The van der Waals surface area contributed by atoms with Crippen molar-refractivity contribution in [3.63, 3.8) is 0 Å². The van der Waals surface area contributed by atoms with Crippen LogP contribution in [0.15, 0.2) is 0 Å². The van der Waals surface area contributed by atoms with Gasteiger partial charge >= 0.3 is 0 Å². The Morgan fingerprint density at radius 1 is 0.903 bits per heavy atom. The van der Waals surface area contributed by atoms with E-state index in [4.69, 9.17) is 14.2 Å². The number of carbonyl (C=O) groups is 3. The first-order valence-electron chi connectivity index (χ1n) is 11.7. The van der Waals surface area contributed by atoms with E-state index in [0.717, 1.165) is 44.9 Å². The van der Waals surface area contributed by atoms with E-state index in [9.17, 15) is 14.4 Å². The molecule has 1 unspecified atom stereocenters. The van der Waals surface area contributed by atoms with Crippen LogP contribution in [0, 0.1) is 40.4 Å². The van der Waals surface area contributed by atoms with Crippen LogP contribution in [0.4, 0.5) is 0 Å². The van der Waals surface area contributed by atoms with Gasteiger partial charge in [-0.1, -0.05) is 43.4 Å². The number of alkyl halides is 1. The predicted molar refractivity (Wildman–Crippen MR) is 122 cm³/mol. The Bertz CT molecular complexity index is 700. The molecule has 0 aromatic rings. The molecule has 4 aliphatic carbocycles. The molecule has 0 aromatic carbocycles. The molecule has 4 rings (SSSR count). The molecule has 11 atom stereocenters. The van der Waals surface area contributed by atoms with Crippen LogP contribution in [0.2, 0.25) is 0 Å². The van der Waals surface area contributed by atoms with E-state index in [0.29, 0.717) is 47.0 Å². The summed E-state index contributed by atoms with van der Waals surface area (Å²) in [7, 11) is 0. The van der Waals surface area contributed by atoms with E-state index < -0.39 is 0 Å². The summed E-state index contributed by atoms with van der Waals surface area (Å²) in [6.45, 7) is 8.76. The van der Waals surface area contributed by atoms with Crippen LogP contribution in [-0.4, -0.2) is 41.7 Å². The third-order valence-electron chi connectivity index (χ3n) is 10.0. The van der Waals surface area contributed by atoms with Gasteiger partial charge in [0.1, 0.15) is 18.3 Å². The molecular formula is C24H35IO6. The highest BCUT2D eigenvalue weighted by Crippen LogP contribution is 2.69. The molecule has 0 amide bonds. The fourth-order valence-corrected chi connectivity index (χ4v) is 9.71. The summed E-state index contributed by atoms with van der Waals surface area (Å²) in [5.74, 6) is 1.76. The summed E-state index contributed by atoms with van der Waals surface area (Å²) in [6, 6.07) is 0. The van der Waals surface area contributed by atoms with Gasteiger partial charge in [-0.2, -0.15) is 0 Å². The van der Waals surface area contributed by atoms with Crippen molar-refractivity contribution in [2.75, 3.05) is 0 Å². The van der Waals surface area contributed by atoms with E-state index in [1.165, 1.54) is 0 Å². The van der Waals surface area contributed by atoms with Gasteiger partial charge < -0.3 is 14.2 Å². The lowest BCUT2D eigenvalue weighted by Gasteiger charge is -2.63. The molecule has 7 heteroatoms. The highest BCUT2D eigenvalue weighted by Gasteiger charge is 2.67. The average Bonchev–Trinajstić information content (AvgIpc) is 3.08. The Balaban J connectivity index is 1.73. The summed E-state index contributed by atoms with van der Waals surface area (Å²) in [6.07, 6.45) is 6.21. The molecule has 4 fully saturated rings.